The molecule has 2 rings (SSSR count). The van der Waals surface area contributed by atoms with Crippen LogP contribution in [-0.4, -0.2) is 11.2 Å². The summed E-state index contributed by atoms with van der Waals surface area (Å²) in [6.07, 6.45) is 0.560. The van der Waals surface area contributed by atoms with E-state index in [1.807, 2.05) is 45.0 Å². The minimum Gasteiger partial charge on any atom is -0.491 e. The second-order valence-electron chi connectivity index (χ2n) is 5.42. The third-order valence-corrected chi connectivity index (χ3v) is 3.52. The van der Waals surface area contributed by atoms with Gasteiger partial charge in [-0.2, -0.15) is 0 Å². The minimum atomic E-state index is -1.20. The summed E-state index contributed by atoms with van der Waals surface area (Å²) in [7, 11) is 0. The fraction of sp³-hybridized carbons (Fsp3) is 0.333. The predicted molar refractivity (Wildman–Crippen MR) is 81.9 cm³/mol. The Balaban J connectivity index is 2.36. The molecule has 2 aromatic rings. The monoisotopic (exact) mass is 288 g/mol. The molecule has 0 aliphatic heterocycles. The van der Waals surface area contributed by atoms with E-state index in [1.165, 1.54) is 12.1 Å². The first-order valence-electron chi connectivity index (χ1n) is 7.21. The largest absolute Gasteiger partial charge is 0.491 e. The van der Waals surface area contributed by atoms with Crippen LogP contribution in [-0.2, 0) is 5.60 Å². The molecule has 112 valence electrons. The van der Waals surface area contributed by atoms with E-state index in [0.29, 0.717) is 12.0 Å². The first kappa shape index (κ1) is 15.5. The van der Waals surface area contributed by atoms with Gasteiger partial charge in [-0.3, -0.25) is 0 Å². The number of hydrogen-bond donors (Lipinski definition) is 1. The van der Waals surface area contributed by atoms with E-state index in [-0.39, 0.29) is 11.9 Å². The van der Waals surface area contributed by atoms with E-state index in [0.717, 1.165) is 11.3 Å². The van der Waals surface area contributed by atoms with Gasteiger partial charge in [-0.05, 0) is 55.7 Å². The van der Waals surface area contributed by atoms with Gasteiger partial charge in [0.1, 0.15) is 17.2 Å². The van der Waals surface area contributed by atoms with Gasteiger partial charge in [0, 0.05) is 0 Å². The maximum atomic E-state index is 13.4. The Morgan fingerprint density at radius 3 is 2.29 bits per heavy atom. The zero-order valence-corrected chi connectivity index (χ0v) is 12.6. The fourth-order valence-electron chi connectivity index (χ4n) is 2.40. The third kappa shape index (κ3) is 3.42. The van der Waals surface area contributed by atoms with Gasteiger partial charge in [0.25, 0.3) is 0 Å². The van der Waals surface area contributed by atoms with E-state index in [2.05, 4.69) is 0 Å². The normalized spacial score (nSPS) is 14.0. The topological polar surface area (TPSA) is 29.5 Å². The molecule has 0 heterocycles. The summed E-state index contributed by atoms with van der Waals surface area (Å²) < 4.78 is 19.0. The van der Waals surface area contributed by atoms with Gasteiger partial charge in [-0.1, -0.05) is 31.2 Å². The van der Waals surface area contributed by atoms with Gasteiger partial charge < -0.3 is 9.84 Å². The van der Waals surface area contributed by atoms with Gasteiger partial charge in [-0.15, -0.1) is 0 Å². The molecule has 0 saturated heterocycles. The van der Waals surface area contributed by atoms with E-state index < -0.39 is 5.60 Å². The fourth-order valence-corrected chi connectivity index (χ4v) is 2.40. The molecular formula is C18H21FO2. The molecule has 1 atom stereocenters. The number of benzene rings is 2. The third-order valence-electron chi connectivity index (χ3n) is 3.52. The first-order chi connectivity index (χ1) is 9.95. The maximum Gasteiger partial charge on any atom is 0.123 e. The molecule has 0 saturated carbocycles. The lowest BCUT2D eigenvalue weighted by molar-refractivity contribution is 0.0761. The lowest BCUT2D eigenvalue weighted by Gasteiger charge is -2.28. The molecule has 0 aliphatic rings. The quantitative estimate of drug-likeness (QED) is 0.891. The molecule has 2 nitrogen and oxygen atoms in total. The Bertz CT molecular complexity index is 592. The van der Waals surface area contributed by atoms with Gasteiger partial charge in [0.05, 0.1) is 6.10 Å². The summed E-state index contributed by atoms with van der Waals surface area (Å²) in [4.78, 5) is 0. The second kappa shape index (κ2) is 6.27. The molecule has 0 aromatic heterocycles. The smallest absolute Gasteiger partial charge is 0.123 e. The van der Waals surface area contributed by atoms with Gasteiger partial charge in [-0.25, -0.2) is 4.39 Å². The van der Waals surface area contributed by atoms with Crippen molar-refractivity contribution >= 4 is 0 Å². The Kier molecular flexibility index (Phi) is 4.63. The van der Waals surface area contributed by atoms with E-state index in [1.54, 1.807) is 12.1 Å². The Labute approximate surface area is 125 Å². The van der Waals surface area contributed by atoms with Crippen LogP contribution in [0.2, 0.25) is 0 Å². The molecule has 0 bridgehead atoms. The molecule has 3 heteroatoms. The van der Waals surface area contributed by atoms with Crippen molar-refractivity contribution in [2.24, 2.45) is 0 Å². The first-order valence-corrected chi connectivity index (χ1v) is 7.21. The zero-order chi connectivity index (χ0) is 15.5. The summed E-state index contributed by atoms with van der Waals surface area (Å²) >= 11 is 0. The molecule has 21 heavy (non-hydrogen) atoms. The summed E-state index contributed by atoms with van der Waals surface area (Å²) in [5.41, 5.74) is 0.0904. The van der Waals surface area contributed by atoms with Crippen LogP contribution < -0.4 is 4.74 Å². The standard InChI is InChI=1S/C18H21FO2/c1-4-18(20,15-6-5-7-16(19)12-15)14-8-10-17(11-9-14)21-13(2)3/h5-13,20H,4H2,1-3H3. The minimum absolute atomic E-state index is 0.101. The van der Waals surface area contributed by atoms with Crippen LogP contribution in [0.3, 0.4) is 0 Å². The summed E-state index contributed by atoms with van der Waals surface area (Å²) in [6, 6.07) is 13.4. The molecule has 0 fully saturated rings. The van der Waals surface area contributed by atoms with E-state index in [4.69, 9.17) is 4.74 Å². The van der Waals surface area contributed by atoms with Crippen LogP contribution in [0.5, 0.6) is 5.75 Å². The predicted octanol–water partition coefficient (Wildman–Crippen LogP) is 4.26. The zero-order valence-electron chi connectivity index (χ0n) is 12.6. The Hall–Kier alpha value is -1.87. The molecule has 1 N–H and O–H groups in total. The number of ether oxygens (including phenoxy) is 1. The van der Waals surface area contributed by atoms with Crippen LogP contribution >= 0.6 is 0 Å². The van der Waals surface area contributed by atoms with Crippen molar-refractivity contribution < 1.29 is 14.2 Å². The van der Waals surface area contributed by atoms with Crippen molar-refractivity contribution in [1.82, 2.24) is 0 Å². The molecule has 0 spiro atoms. The van der Waals surface area contributed by atoms with Gasteiger partial charge in [0.2, 0.25) is 0 Å². The van der Waals surface area contributed by atoms with Crippen LogP contribution in [0, 0.1) is 5.82 Å². The summed E-state index contributed by atoms with van der Waals surface area (Å²) in [5.74, 6) is 0.408. The highest BCUT2D eigenvalue weighted by atomic mass is 19.1. The second-order valence-corrected chi connectivity index (χ2v) is 5.42. The van der Waals surface area contributed by atoms with Gasteiger partial charge >= 0.3 is 0 Å². The van der Waals surface area contributed by atoms with Gasteiger partial charge in [0.15, 0.2) is 0 Å². The molecule has 2 aromatic carbocycles. The highest BCUT2D eigenvalue weighted by molar-refractivity contribution is 5.38. The maximum absolute atomic E-state index is 13.4. The summed E-state index contributed by atoms with van der Waals surface area (Å²) in [5, 5.41) is 11.0. The van der Waals surface area contributed by atoms with Crippen LogP contribution in [0.15, 0.2) is 48.5 Å². The Morgan fingerprint density at radius 2 is 1.76 bits per heavy atom. The lowest BCUT2D eigenvalue weighted by atomic mass is 9.84. The van der Waals surface area contributed by atoms with Crippen LogP contribution in [0.25, 0.3) is 0 Å². The Morgan fingerprint density at radius 1 is 1.10 bits per heavy atom. The van der Waals surface area contributed by atoms with Crippen molar-refractivity contribution in [2.45, 2.75) is 38.9 Å². The molecule has 0 radical (unpaired) electrons. The van der Waals surface area contributed by atoms with Crippen molar-refractivity contribution in [3.8, 4) is 5.75 Å². The summed E-state index contributed by atoms with van der Waals surface area (Å²) in [6.45, 7) is 5.80. The SMILES string of the molecule is CCC(O)(c1ccc(OC(C)C)cc1)c1cccc(F)c1. The van der Waals surface area contributed by atoms with E-state index >= 15 is 0 Å². The number of aliphatic hydroxyl groups is 1. The molecule has 1 unspecified atom stereocenters. The van der Waals surface area contributed by atoms with Crippen LogP contribution in [0.1, 0.15) is 38.3 Å². The van der Waals surface area contributed by atoms with Crippen molar-refractivity contribution in [2.75, 3.05) is 0 Å². The number of hydrogen-bond acceptors (Lipinski definition) is 2. The number of halogens is 1. The van der Waals surface area contributed by atoms with Crippen molar-refractivity contribution in [1.29, 1.82) is 0 Å². The van der Waals surface area contributed by atoms with Crippen molar-refractivity contribution in [3.63, 3.8) is 0 Å². The lowest BCUT2D eigenvalue weighted by Crippen LogP contribution is -2.26. The molecular weight excluding hydrogens is 267 g/mol. The van der Waals surface area contributed by atoms with Crippen molar-refractivity contribution in [3.05, 3.63) is 65.5 Å². The van der Waals surface area contributed by atoms with Crippen LogP contribution in [0.4, 0.5) is 4.39 Å². The molecule has 0 aliphatic carbocycles. The van der Waals surface area contributed by atoms with E-state index in [9.17, 15) is 9.50 Å². The average molecular weight is 288 g/mol. The molecule has 0 amide bonds. The highest BCUT2D eigenvalue weighted by Gasteiger charge is 2.29. The highest BCUT2D eigenvalue weighted by Crippen LogP contribution is 2.34. The number of rotatable bonds is 5. The average Bonchev–Trinajstić information content (AvgIpc) is 2.46.